The van der Waals surface area contributed by atoms with Crippen molar-refractivity contribution in [1.82, 2.24) is 10.3 Å². The normalized spacial score (nSPS) is 12.2. The Morgan fingerprint density at radius 3 is 2.81 bits per heavy atom. The number of hydrogen-bond donors (Lipinski definition) is 3. The van der Waals surface area contributed by atoms with Gasteiger partial charge in [-0.2, -0.15) is 0 Å². The third-order valence-electron chi connectivity index (χ3n) is 2.18. The molecule has 1 unspecified atom stereocenters. The van der Waals surface area contributed by atoms with Crippen molar-refractivity contribution in [2.45, 2.75) is 26.3 Å². The van der Waals surface area contributed by atoms with Gasteiger partial charge < -0.3 is 15.4 Å². The monoisotopic (exact) mass is 224 g/mol. The van der Waals surface area contributed by atoms with Gasteiger partial charge >= 0.3 is 0 Å². The molecule has 0 spiro atoms. The van der Waals surface area contributed by atoms with Crippen LogP contribution in [0.4, 0.5) is 0 Å². The van der Waals surface area contributed by atoms with E-state index in [2.05, 4.69) is 10.3 Å². The summed E-state index contributed by atoms with van der Waals surface area (Å²) in [5.74, 6) is -0.296. The predicted molar refractivity (Wildman–Crippen MR) is 60.4 cm³/mol. The lowest BCUT2D eigenvalue weighted by atomic mass is 10.2. The number of aliphatic hydroxyl groups is 1. The standard InChI is InChI=1S/C11H16N2O3/c1-7(3-4-14)13-11(16)9-5-8(2)12-10(15)6-9/h5-7,14H,3-4H2,1-2H3,(H,12,15)(H,13,16). The number of aliphatic hydroxyl groups excluding tert-OH is 1. The summed E-state index contributed by atoms with van der Waals surface area (Å²) in [6, 6.07) is 2.76. The van der Waals surface area contributed by atoms with E-state index in [0.717, 1.165) is 0 Å². The van der Waals surface area contributed by atoms with Gasteiger partial charge in [-0.05, 0) is 26.3 Å². The van der Waals surface area contributed by atoms with E-state index in [0.29, 0.717) is 17.7 Å². The number of carbonyl (C=O) groups is 1. The molecule has 16 heavy (non-hydrogen) atoms. The molecule has 0 bridgehead atoms. The van der Waals surface area contributed by atoms with Gasteiger partial charge in [0.05, 0.1) is 0 Å². The minimum Gasteiger partial charge on any atom is -0.396 e. The second-order valence-electron chi connectivity index (χ2n) is 3.80. The first-order chi connectivity index (χ1) is 7.52. The van der Waals surface area contributed by atoms with Crippen molar-refractivity contribution in [2.24, 2.45) is 0 Å². The zero-order valence-electron chi connectivity index (χ0n) is 9.41. The fourth-order valence-corrected chi connectivity index (χ4v) is 1.39. The molecule has 0 aliphatic carbocycles. The number of H-pyrrole nitrogens is 1. The van der Waals surface area contributed by atoms with Crippen molar-refractivity contribution in [3.63, 3.8) is 0 Å². The van der Waals surface area contributed by atoms with Gasteiger partial charge in [-0.3, -0.25) is 9.59 Å². The maximum absolute atomic E-state index is 11.7. The van der Waals surface area contributed by atoms with Crippen LogP contribution < -0.4 is 10.9 Å². The van der Waals surface area contributed by atoms with E-state index in [1.807, 2.05) is 0 Å². The molecule has 1 aromatic rings. The Labute approximate surface area is 93.5 Å². The Bertz CT molecular complexity index is 425. The molecule has 1 heterocycles. The van der Waals surface area contributed by atoms with Gasteiger partial charge in [0.2, 0.25) is 5.56 Å². The topological polar surface area (TPSA) is 82.2 Å². The fraction of sp³-hybridized carbons (Fsp3) is 0.455. The van der Waals surface area contributed by atoms with Crippen LogP contribution in [0.2, 0.25) is 0 Å². The number of aromatic amines is 1. The molecule has 5 nitrogen and oxygen atoms in total. The van der Waals surface area contributed by atoms with Crippen LogP contribution >= 0.6 is 0 Å². The SMILES string of the molecule is Cc1cc(C(=O)NC(C)CCO)cc(=O)[nH]1. The highest BCUT2D eigenvalue weighted by Crippen LogP contribution is 1.99. The summed E-state index contributed by atoms with van der Waals surface area (Å²) in [6.45, 7) is 3.54. The van der Waals surface area contributed by atoms with Crippen molar-refractivity contribution >= 4 is 5.91 Å². The van der Waals surface area contributed by atoms with Crippen molar-refractivity contribution in [3.8, 4) is 0 Å². The Balaban J connectivity index is 2.76. The average molecular weight is 224 g/mol. The molecule has 5 heteroatoms. The van der Waals surface area contributed by atoms with E-state index in [1.54, 1.807) is 19.9 Å². The second-order valence-corrected chi connectivity index (χ2v) is 3.80. The summed E-state index contributed by atoms with van der Waals surface area (Å²) < 4.78 is 0. The predicted octanol–water partition coefficient (Wildman–Crippen LogP) is 0.184. The first-order valence-corrected chi connectivity index (χ1v) is 5.15. The molecular formula is C11H16N2O3. The molecule has 1 amide bonds. The second kappa shape index (κ2) is 5.46. The zero-order valence-corrected chi connectivity index (χ0v) is 9.41. The van der Waals surface area contributed by atoms with Gasteiger partial charge in [0.15, 0.2) is 0 Å². The average Bonchev–Trinajstić information content (AvgIpc) is 2.16. The highest BCUT2D eigenvalue weighted by molar-refractivity contribution is 5.94. The third-order valence-corrected chi connectivity index (χ3v) is 2.18. The van der Waals surface area contributed by atoms with Crippen LogP contribution in [-0.4, -0.2) is 28.6 Å². The van der Waals surface area contributed by atoms with Crippen LogP contribution in [-0.2, 0) is 0 Å². The molecule has 3 N–H and O–H groups in total. The first kappa shape index (κ1) is 12.4. The summed E-state index contributed by atoms with van der Waals surface area (Å²) in [4.78, 5) is 25.4. The van der Waals surface area contributed by atoms with Crippen LogP contribution in [0.25, 0.3) is 0 Å². The zero-order chi connectivity index (χ0) is 12.1. The lowest BCUT2D eigenvalue weighted by Gasteiger charge is -2.12. The maximum Gasteiger partial charge on any atom is 0.251 e. The van der Waals surface area contributed by atoms with Gasteiger partial charge in [-0.1, -0.05) is 0 Å². The summed E-state index contributed by atoms with van der Waals surface area (Å²) in [7, 11) is 0. The Hall–Kier alpha value is -1.62. The number of aryl methyl sites for hydroxylation is 1. The van der Waals surface area contributed by atoms with Crippen LogP contribution in [0, 0.1) is 6.92 Å². The first-order valence-electron chi connectivity index (χ1n) is 5.15. The van der Waals surface area contributed by atoms with E-state index in [1.165, 1.54) is 6.07 Å². The van der Waals surface area contributed by atoms with Gasteiger partial charge in [0.1, 0.15) is 0 Å². The largest absolute Gasteiger partial charge is 0.396 e. The van der Waals surface area contributed by atoms with Crippen molar-refractivity contribution in [1.29, 1.82) is 0 Å². The third kappa shape index (κ3) is 3.51. The maximum atomic E-state index is 11.7. The molecule has 0 radical (unpaired) electrons. The molecule has 1 aromatic heterocycles. The lowest BCUT2D eigenvalue weighted by molar-refractivity contribution is 0.0934. The molecule has 0 saturated carbocycles. The Morgan fingerprint density at radius 2 is 2.25 bits per heavy atom. The van der Waals surface area contributed by atoms with Crippen LogP contribution in [0.15, 0.2) is 16.9 Å². The number of rotatable bonds is 4. The highest BCUT2D eigenvalue weighted by Gasteiger charge is 2.10. The van der Waals surface area contributed by atoms with Crippen LogP contribution in [0.3, 0.4) is 0 Å². The van der Waals surface area contributed by atoms with Gasteiger partial charge in [0, 0.05) is 30.0 Å². The lowest BCUT2D eigenvalue weighted by Crippen LogP contribution is -2.33. The summed E-state index contributed by atoms with van der Waals surface area (Å²) in [5.41, 5.74) is 0.693. The molecule has 88 valence electrons. The molecule has 0 fully saturated rings. The minimum absolute atomic E-state index is 0.0237. The molecule has 0 saturated heterocycles. The summed E-state index contributed by atoms with van der Waals surface area (Å²) in [6.07, 6.45) is 0.494. The van der Waals surface area contributed by atoms with E-state index in [-0.39, 0.29) is 24.1 Å². The van der Waals surface area contributed by atoms with Gasteiger partial charge in [-0.15, -0.1) is 0 Å². The number of nitrogens with one attached hydrogen (secondary N) is 2. The van der Waals surface area contributed by atoms with E-state index in [4.69, 9.17) is 5.11 Å². The number of carbonyl (C=O) groups excluding carboxylic acids is 1. The molecular weight excluding hydrogens is 208 g/mol. The summed E-state index contributed by atoms with van der Waals surface area (Å²) in [5, 5.41) is 11.4. The van der Waals surface area contributed by atoms with E-state index >= 15 is 0 Å². The van der Waals surface area contributed by atoms with Crippen LogP contribution in [0.5, 0.6) is 0 Å². The Morgan fingerprint density at radius 1 is 1.56 bits per heavy atom. The molecule has 1 atom stereocenters. The van der Waals surface area contributed by atoms with Crippen molar-refractivity contribution < 1.29 is 9.90 Å². The Kier molecular flexibility index (Phi) is 4.25. The number of amides is 1. The highest BCUT2D eigenvalue weighted by atomic mass is 16.3. The van der Waals surface area contributed by atoms with Gasteiger partial charge in [0.25, 0.3) is 5.91 Å². The summed E-state index contributed by atoms with van der Waals surface area (Å²) >= 11 is 0. The van der Waals surface area contributed by atoms with E-state index < -0.39 is 0 Å². The smallest absolute Gasteiger partial charge is 0.251 e. The van der Waals surface area contributed by atoms with Crippen molar-refractivity contribution in [3.05, 3.63) is 33.7 Å². The minimum atomic E-state index is -0.296. The van der Waals surface area contributed by atoms with E-state index in [9.17, 15) is 9.59 Å². The van der Waals surface area contributed by atoms with Crippen molar-refractivity contribution in [2.75, 3.05) is 6.61 Å². The number of pyridine rings is 1. The number of hydrogen-bond acceptors (Lipinski definition) is 3. The number of aromatic nitrogens is 1. The molecule has 0 aromatic carbocycles. The molecule has 0 aliphatic rings. The molecule has 1 rings (SSSR count). The molecule has 0 aliphatic heterocycles. The fourth-order valence-electron chi connectivity index (χ4n) is 1.39. The quantitative estimate of drug-likeness (QED) is 0.682. The van der Waals surface area contributed by atoms with Crippen LogP contribution in [0.1, 0.15) is 29.4 Å². The van der Waals surface area contributed by atoms with Gasteiger partial charge in [-0.25, -0.2) is 0 Å².